The van der Waals surface area contributed by atoms with E-state index in [1.54, 1.807) is 12.1 Å². The molecule has 0 radical (unpaired) electrons. The molecule has 1 aromatic rings. The molecule has 1 saturated carbocycles. The molecule has 0 heterocycles. The summed E-state index contributed by atoms with van der Waals surface area (Å²) in [4.78, 5) is 11.2. The van der Waals surface area contributed by atoms with Crippen LogP contribution in [0.1, 0.15) is 30.4 Å². The van der Waals surface area contributed by atoms with Gasteiger partial charge in [0.2, 0.25) is 0 Å². The van der Waals surface area contributed by atoms with Gasteiger partial charge in [-0.15, -0.1) is 0 Å². The van der Waals surface area contributed by atoms with E-state index >= 15 is 0 Å². The van der Waals surface area contributed by atoms with Crippen molar-refractivity contribution in [2.24, 2.45) is 0 Å². The Morgan fingerprint density at radius 2 is 2.13 bits per heavy atom. The Morgan fingerprint density at radius 1 is 1.40 bits per heavy atom. The predicted molar refractivity (Wildman–Crippen MR) is 55.5 cm³/mol. The van der Waals surface area contributed by atoms with Crippen LogP contribution in [-0.4, -0.2) is 16.2 Å². The molecule has 0 amide bonds. The lowest BCUT2D eigenvalue weighted by Gasteiger charge is -2.38. The molecule has 1 fully saturated rings. The molecule has 0 atom stereocenters. The Balaban J connectivity index is 2.38. The molecule has 2 N–H and O–H groups in total. The molecule has 0 spiro atoms. The highest BCUT2D eigenvalue weighted by Gasteiger charge is 2.45. The molecule has 3 heteroatoms. The normalized spacial score (nSPS) is 18.2. The van der Waals surface area contributed by atoms with Crippen molar-refractivity contribution >= 4 is 5.97 Å². The van der Waals surface area contributed by atoms with Gasteiger partial charge >= 0.3 is 5.97 Å². The van der Waals surface area contributed by atoms with E-state index in [0.717, 1.165) is 17.5 Å². The minimum atomic E-state index is -0.746. The lowest BCUT2D eigenvalue weighted by atomic mass is 9.64. The van der Waals surface area contributed by atoms with Crippen molar-refractivity contribution < 1.29 is 15.0 Å². The zero-order valence-corrected chi connectivity index (χ0v) is 8.44. The summed E-state index contributed by atoms with van der Waals surface area (Å²) in [5.41, 5.74) is 0.915. The number of carboxylic acid groups (broad SMARTS) is 1. The molecule has 15 heavy (non-hydrogen) atoms. The van der Waals surface area contributed by atoms with Crippen LogP contribution in [0.15, 0.2) is 24.3 Å². The molecule has 0 aromatic heterocycles. The number of hydrogen-bond donors (Lipinski definition) is 2. The average molecular weight is 206 g/mol. The number of aliphatic carboxylic acids is 1. The fraction of sp³-hybridized carbons (Fsp3) is 0.417. The molecule has 0 unspecified atom stereocenters. The van der Waals surface area contributed by atoms with Gasteiger partial charge in [0.25, 0.3) is 0 Å². The second kappa shape index (κ2) is 3.66. The Hall–Kier alpha value is -1.35. The number of hydrogen-bond acceptors (Lipinski definition) is 2. The monoisotopic (exact) mass is 206 g/mol. The highest BCUT2D eigenvalue weighted by atomic mass is 16.4. The first-order chi connectivity index (χ1) is 7.19. The second-order valence-electron chi connectivity index (χ2n) is 4.10. The summed E-state index contributed by atoms with van der Waals surface area (Å²) in [6.45, 7) is -0.0382. The minimum absolute atomic E-state index is 0.0382. The summed E-state index contributed by atoms with van der Waals surface area (Å²) in [6, 6.07) is 7.25. The number of benzene rings is 1. The lowest BCUT2D eigenvalue weighted by Crippen LogP contribution is -2.42. The fourth-order valence-electron chi connectivity index (χ4n) is 2.12. The Morgan fingerprint density at radius 3 is 2.60 bits per heavy atom. The lowest BCUT2D eigenvalue weighted by molar-refractivity contribution is -0.147. The third-order valence-corrected chi connectivity index (χ3v) is 3.28. The van der Waals surface area contributed by atoms with Gasteiger partial charge in [-0.25, -0.2) is 0 Å². The third-order valence-electron chi connectivity index (χ3n) is 3.28. The van der Waals surface area contributed by atoms with Crippen LogP contribution in [-0.2, 0) is 16.8 Å². The predicted octanol–water partition coefficient (Wildman–Crippen LogP) is 1.69. The molecule has 0 saturated heterocycles. The number of aliphatic hydroxyl groups excluding tert-OH is 1. The van der Waals surface area contributed by atoms with Crippen LogP contribution in [0, 0.1) is 0 Å². The summed E-state index contributed by atoms with van der Waals surface area (Å²) >= 11 is 0. The van der Waals surface area contributed by atoms with Crippen molar-refractivity contribution in [3.05, 3.63) is 35.4 Å². The molecule has 1 aromatic carbocycles. The van der Waals surface area contributed by atoms with Crippen LogP contribution >= 0.6 is 0 Å². The Kier molecular flexibility index (Phi) is 2.49. The molecule has 0 aliphatic heterocycles. The van der Waals surface area contributed by atoms with Crippen LogP contribution < -0.4 is 0 Å². The SMILES string of the molecule is O=C(O)C1(c2cccc(CO)c2)CCC1. The summed E-state index contributed by atoms with van der Waals surface area (Å²) < 4.78 is 0. The first-order valence-electron chi connectivity index (χ1n) is 5.13. The van der Waals surface area contributed by atoms with E-state index in [2.05, 4.69) is 0 Å². The maximum Gasteiger partial charge on any atom is 0.314 e. The maximum absolute atomic E-state index is 11.2. The average Bonchev–Trinajstić information content (AvgIpc) is 2.16. The number of aliphatic hydroxyl groups is 1. The van der Waals surface area contributed by atoms with E-state index in [1.807, 2.05) is 12.1 Å². The zero-order valence-electron chi connectivity index (χ0n) is 8.44. The van der Waals surface area contributed by atoms with Gasteiger partial charge in [-0.2, -0.15) is 0 Å². The third kappa shape index (κ3) is 1.53. The van der Waals surface area contributed by atoms with E-state index < -0.39 is 11.4 Å². The zero-order chi connectivity index (χ0) is 10.9. The van der Waals surface area contributed by atoms with Crippen molar-refractivity contribution in [2.45, 2.75) is 31.3 Å². The first kappa shape index (κ1) is 10.2. The van der Waals surface area contributed by atoms with Crippen molar-refractivity contribution in [1.29, 1.82) is 0 Å². The van der Waals surface area contributed by atoms with Crippen molar-refractivity contribution in [3.8, 4) is 0 Å². The van der Waals surface area contributed by atoms with Gasteiger partial charge in [-0.1, -0.05) is 30.7 Å². The van der Waals surface area contributed by atoms with Gasteiger partial charge in [-0.05, 0) is 24.0 Å². The van der Waals surface area contributed by atoms with Crippen LogP contribution in [0.5, 0.6) is 0 Å². The fourth-order valence-corrected chi connectivity index (χ4v) is 2.12. The Bertz CT molecular complexity index is 380. The van der Waals surface area contributed by atoms with Gasteiger partial charge in [-0.3, -0.25) is 4.79 Å². The Labute approximate surface area is 88.4 Å². The standard InChI is InChI=1S/C12H14O3/c13-8-9-3-1-4-10(7-9)12(11(14)15)5-2-6-12/h1,3-4,7,13H,2,5-6,8H2,(H,14,15). The topological polar surface area (TPSA) is 57.5 Å². The largest absolute Gasteiger partial charge is 0.481 e. The van der Waals surface area contributed by atoms with Gasteiger partial charge in [0, 0.05) is 0 Å². The van der Waals surface area contributed by atoms with Crippen LogP contribution in [0.25, 0.3) is 0 Å². The van der Waals surface area contributed by atoms with E-state index in [9.17, 15) is 9.90 Å². The number of rotatable bonds is 3. The molecule has 1 aliphatic carbocycles. The smallest absolute Gasteiger partial charge is 0.314 e. The quantitative estimate of drug-likeness (QED) is 0.791. The van der Waals surface area contributed by atoms with Crippen molar-refractivity contribution in [3.63, 3.8) is 0 Å². The molecule has 2 rings (SSSR count). The summed E-state index contributed by atoms with van der Waals surface area (Å²) in [6.07, 6.45) is 2.38. The number of carbonyl (C=O) groups is 1. The highest BCUT2D eigenvalue weighted by Crippen LogP contribution is 2.44. The van der Waals surface area contributed by atoms with E-state index in [4.69, 9.17) is 5.11 Å². The van der Waals surface area contributed by atoms with Gasteiger partial charge in [0.05, 0.1) is 12.0 Å². The van der Waals surface area contributed by atoms with Crippen molar-refractivity contribution in [2.75, 3.05) is 0 Å². The molecular weight excluding hydrogens is 192 g/mol. The summed E-state index contributed by atoms with van der Waals surface area (Å²) in [7, 11) is 0. The molecule has 1 aliphatic rings. The van der Waals surface area contributed by atoms with E-state index in [1.165, 1.54) is 0 Å². The van der Waals surface area contributed by atoms with Crippen LogP contribution in [0.2, 0.25) is 0 Å². The summed E-state index contributed by atoms with van der Waals surface area (Å²) in [5.74, 6) is -0.746. The molecule has 80 valence electrons. The van der Waals surface area contributed by atoms with E-state index in [0.29, 0.717) is 12.8 Å². The molecule has 0 bridgehead atoms. The van der Waals surface area contributed by atoms with Crippen LogP contribution in [0.3, 0.4) is 0 Å². The minimum Gasteiger partial charge on any atom is -0.481 e. The van der Waals surface area contributed by atoms with Crippen LogP contribution in [0.4, 0.5) is 0 Å². The van der Waals surface area contributed by atoms with Gasteiger partial charge in [0.15, 0.2) is 0 Å². The van der Waals surface area contributed by atoms with Crippen molar-refractivity contribution in [1.82, 2.24) is 0 Å². The van der Waals surface area contributed by atoms with Gasteiger partial charge < -0.3 is 10.2 Å². The second-order valence-corrected chi connectivity index (χ2v) is 4.10. The van der Waals surface area contributed by atoms with E-state index in [-0.39, 0.29) is 6.61 Å². The van der Waals surface area contributed by atoms with Gasteiger partial charge in [0.1, 0.15) is 0 Å². The first-order valence-corrected chi connectivity index (χ1v) is 5.13. The summed E-state index contributed by atoms with van der Waals surface area (Å²) in [5, 5.41) is 18.2. The molecule has 3 nitrogen and oxygen atoms in total. The molecular formula is C12H14O3. The maximum atomic E-state index is 11.2. The number of carboxylic acids is 1. The highest BCUT2D eigenvalue weighted by molar-refractivity contribution is 5.82.